The van der Waals surface area contributed by atoms with E-state index in [4.69, 9.17) is 0 Å². The Balaban J connectivity index is 1.96. The van der Waals surface area contributed by atoms with Crippen LogP contribution in [0.4, 0.5) is 0 Å². The Kier molecular flexibility index (Phi) is 3.49. The van der Waals surface area contributed by atoms with Crippen molar-refractivity contribution < 1.29 is 4.79 Å². The molecule has 1 aromatic carbocycles. The van der Waals surface area contributed by atoms with Crippen LogP contribution in [0, 0.1) is 0 Å². The Bertz CT molecular complexity index is 936. The lowest BCUT2D eigenvalue weighted by Crippen LogP contribution is -2.27. The third-order valence-corrected chi connectivity index (χ3v) is 3.87. The van der Waals surface area contributed by atoms with E-state index in [9.17, 15) is 9.59 Å². The fourth-order valence-electron chi connectivity index (χ4n) is 1.95. The van der Waals surface area contributed by atoms with Gasteiger partial charge in [-0.15, -0.1) is 11.3 Å². The number of hydrogen-bond acceptors (Lipinski definition) is 4. The highest BCUT2D eigenvalue weighted by Crippen LogP contribution is 2.06. The standard InChI is InChI=1S/C14H12N4O2S/c1-17-6-7-21-14(17)16-12(19)9-18-13(20)11-5-3-2-4-10(11)8-15-18/h2-8H,9H2,1H3. The number of thiazole rings is 1. The number of hydrogen-bond donors (Lipinski definition) is 0. The summed E-state index contributed by atoms with van der Waals surface area (Å²) < 4.78 is 2.89. The first-order valence-electron chi connectivity index (χ1n) is 6.28. The van der Waals surface area contributed by atoms with E-state index in [-0.39, 0.29) is 12.1 Å². The molecule has 0 saturated carbocycles. The average molecular weight is 300 g/mol. The van der Waals surface area contributed by atoms with Gasteiger partial charge < -0.3 is 4.57 Å². The minimum Gasteiger partial charge on any atom is -0.327 e. The lowest BCUT2D eigenvalue weighted by atomic mass is 10.2. The molecular weight excluding hydrogens is 288 g/mol. The quantitative estimate of drug-likeness (QED) is 0.707. The van der Waals surface area contributed by atoms with Gasteiger partial charge in [-0.1, -0.05) is 18.2 Å². The predicted molar refractivity (Wildman–Crippen MR) is 79.9 cm³/mol. The van der Waals surface area contributed by atoms with Crippen LogP contribution in [0.3, 0.4) is 0 Å². The van der Waals surface area contributed by atoms with Gasteiger partial charge >= 0.3 is 0 Å². The Hall–Kier alpha value is -2.54. The summed E-state index contributed by atoms with van der Waals surface area (Å²) in [5.41, 5.74) is -0.285. The normalized spacial score (nSPS) is 12.0. The molecule has 3 rings (SSSR count). The third kappa shape index (κ3) is 2.68. The molecule has 0 spiro atoms. The van der Waals surface area contributed by atoms with Crippen molar-refractivity contribution >= 4 is 28.0 Å². The zero-order chi connectivity index (χ0) is 14.8. The Morgan fingerprint density at radius 3 is 2.95 bits per heavy atom. The molecule has 0 unspecified atom stereocenters. The van der Waals surface area contributed by atoms with E-state index in [0.29, 0.717) is 10.2 Å². The molecule has 0 fully saturated rings. The van der Waals surface area contributed by atoms with Crippen LogP contribution in [0.15, 0.2) is 51.8 Å². The highest BCUT2D eigenvalue weighted by Gasteiger charge is 2.07. The average Bonchev–Trinajstić information content (AvgIpc) is 2.87. The van der Waals surface area contributed by atoms with Crippen LogP contribution in [-0.2, 0) is 18.4 Å². The van der Waals surface area contributed by atoms with E-state index in [1.165, 1.54) is 11.3 Å². The van der Waals surface area contributed by atoms with Crippen LogP contribution in [0.5, 0.6) is 0 Å². The molecule has 0 N–H and O–H groups in total. The Morgan fingerprint density at radius 1 is 1.38 bits per heavy atom. The summed E-state index contributed by atoms with van der Waals surface area (Å²) in [5, 5.41) is 7.16. The second-order valence-electron chi connectivity index (χ2n) is 4.50. The molecule has 0 aliphatic rings. The minimum absolute atomic E-state index is 0.165. The second kappa shape index (κ2) is 5.45. The molecule has 0 aliphatic carbocycles. The molecule has 2 aromatic heterocycles. The van der Waals surface area contributed by atoms with Gasteiger partial charge in [-0.2, -0.15) is 10.1 Å². The first-order chi connectivity index (χ1) is 10.1. The summed E-state index contributed by atoms with van der Waals surface area (Å²) in [4.78, 5) is 28.8. The molecule has 0 bridgehead atoms. The van der Waals surface area contributed by atoms with Crippen LogP contribution >= 0.6 is 11.3 Å². The summed E-state index contributed by atoms with van der Waals surface area (Å²) in [6, 6.07) is 7.15. The van der Waals surface area contributed by atoms with Crippen molar-refractivity contribution in [2.45, 2.75) is 6.54 Å². The van der Waals surface area contributed by atoms with Crippen molar-refractivity contribution in [3.8, 4) is 0 Å². The number of aromatic nitrogens is 3. The second-order valence-corrected chi connectivity index (χ2v) is 5.37. The minimum atomic E-state index is -0.405. The fraction of sp³-hybridized carbons (Fsp3) is 0.143. The number of amides is 1. The van der Waals surface area contributed by atoms with Crippen molar-refractivity contribution in [2.24, 2.45) is 12.0 Å². The van der Waals surface area contributed by atoms with Gasteiger partial charge in [-0.05, 0) is 6.07 Å². The van der Waals surface area contributed by atoms with Gasteiger partial charge in [0.2, 0.25) is 0 Å². The van der Waals surface area contributed by atoms with Crippen molar-refractivity contribution in [3.63, 3.8) is 0 Å². The molecular formula is C14H12N4O2S. The SMILES string of the molecule is Cn1ccsc1=NC(=O)Cn1ncc2ccccc2c1=O. The topological polar surface area (TPSA) is 69.2 Å². The zero-order valence-corrected chi connectivity index (χ0v) is 12.1. The zero-order valence-electron chi connectivity index (χ0n) is 11.3. The molecule has 6 nitrogen and oxygen atoms in total. The number of aryl methyl sites for hydroxylation is 1. The van der Waals surface area contributed by atoms with Crippen LogP contribution in [0.2, 0.25) is 0 Å². The number of nitrogens with zero attached hydrogens (tertiary/aromatic N) is 4. The predicted octanol–water partition coefficient (Wildman–Crippen LogP) is 0.924. The van der Waals surface area contributed by atoms with Gasteiger partial charge in [-0.25, -0.2) is 4.68 Å². The first kappa shape index (κ1) is 13.4. The smallest absolute Gasteiger partial charge is 0.275 e. The maximum atomic E-state index is 12.2. The summed E-state index contributed by atoms with van der Waals surface area (Å²) in [6.07, 6.45) is 3.40. The molecule has 0 aliphatic heterocycles. The van der Waals surface area contributed by atoms with E-state index in [0.717, 1.165) is 10.1 Å². The van der Waals surface area contributed by atoms with E-state index in [1.807, 2.05) is 30.8 Å². The van der Waals surface area contributed by atoms with E-state index < -0.39 is 5.91 Å². The van der Waals surface area contributed by atoms with Crippen LogP contribution in [0.1, 0.15) is 0 Å². The van der Waals surface area contributed by atoms with Gasteiger partial charge in [0.25, 0.3) is 11.5 Å². The largest absolute Gasteiger partial charge is 0.327 e. The van der Waals surface area contributed by atoms with Gasteiger partial charge in [-0.3, -0.25) is 9.59 Å². The molecule has 2 heterocycles. The van der Waals surface area contributed by atoms with Crippen molar-refractivity contribution in [2.75, 3.05) is 0 Å². The maximum absolute atomic E-state index is 12.2. The first-order valence-corrected chi connectivity index (χ1v) is 7.15. The highest BCUT2D eigenvalue weighted by molar-refractivity contribution is 7.07. The van der Waals surface area contributed by atoms with Gasteiger partial charge in [0.05, 0.1) is 11.6 Å². The lowest BCUT2D eigenvalue weighted by molar-refractivity contribution is -0.118. The van der Waals surface area contributed by atoms with E-state index in [2.05, 4.69) is 10.1 Å². The fourth-order valence-corrected chi connectivity index (χ4v) is 2.69. The number of rotatable bonds is 2. The summed E-state index contributed by atoms with van der Waals surface area (Å²) in [5.74, 6) is -0.405. The lowest BCUT2D eigenvalue weighted by Gasteiger charge is -2.03. The monoisotopic (exact) mass is 300 g/mol. The number of carbonyl (C=O) groups is 1. The molecule has 1 amide bonds. The van der Waals surface area contributed by atoms with Crippen LogP contribution in [-0.4, -0.2) is 20.3 Å². The molecule has 7 heteroatoms. The third-order valence-electron chi connectivity index (χ3n) is 3.03. The Labute approximate surface area is 123 Å². The number of carbonyl (C=O) groups excluding carboxylic acids is 1. The summed E-state index contributed by atoms with van der Waals surface area (Å²) in [6.45, 7) is -0.165. The number of fused-ring (bicyclic) bond motifs is 1. The molecule has 0 saturated heterocycles. The molecule has 0 radical (unpaired) electrons. The van der Waals surface area contributed by atoms with Crippen LogP contribution in [0.25, 0.3) is 10.8 Å². The Morgan fingerprint density at radius 2 is 2.19 bits per heavy atom. The summed E-state index contributed by atoms with van der Waals surface area (Å²) in [7, 11) is 1.81. The molecule has 0 atom stereocenters. The summed E-state index contributed by atoms with van der Waals surface area (Å²) >= 11 is 1.36. The van der Waals surface area contributed by atoms with Gasteiger partial charge in [0.15, 0.2) is 4.80 Å². The van der Waals surface area contributed by atoms with Crippen molar-refractivity contribution in [1.29, 1.82) is 0 Å². The maximum Gasteiger partial charge on any atom is 0.275 e. The highest BCUT2D eigenvalue weighted by atomic mass is 32.1. The molecule has 106 valence electrons. The van der Waals surface area contributed by atoms with Crippen molar-refractivity contribution in [1.82, 2.24) is 14.3 Å². The van der Waals surface area contributed by atoms with Gasteiger partial charge in [0.1, 0.15) is 6.54 Å². The van der Waals surface area contributed by atoms with E-state index >= 15 is 0 Å². The van der Waals surface area contributed by atoms with Gasteiger partial charge in [0, 0.05) is 24.0 Å². The molecule has 21 heavy (non-hydrogen) atoms. The van der Waals surface area contributed by atoms with E-state index in [1.54, 1.807) is 22.9 Å². The number of benzene rings is 1. The molecule has 3 aromatic rings. The van der Waals surface area contributed by atoms with Crippen molar-refractivity contribution in [3.05, 3.63) is 57.2 Å². The van der Waals surface area contributed by atoms with Crippen LogP contribution < -0.4 is 10.4 Å².